The molecule has 0 N–H and O–H groups in total. The van der Waals surface area contributed by atoms with Crippen molar-refractivity contribution in [2.24, 2.45) is 46.8 Å². The van der Waals surface area contributed by atoms with Crippen molar-refractivity contribution >= 4 is 5.97 Å². The van der Waals surface area contributed by atoms with Gasteiger partial charge < -0.3 is 4.74 Å². The number of fused-ring (bicyclic) bond motifs is 9. The minimum absolute atomic E-state index is 0.0536. The first kappa shape index (κ1) is 16.9. The molecule has 7 atom stereocenters. The first-order chi connectivity index (χ1) is 11.3. The molecular formula is C22H36O2. The van der Waals surface area contributed by atoms with E-state index >= 15 is 0 Å². The zero-order valence-corrected chi connectivity index (χ0v) is 16.3. The lowest BCUT2D eigenvalue weighted by Gasteiger charge is -2.47. The van der Waals surface area contributed by atoms with E-state index in [1.165, 1.54) is 25.7 Å². The molecule has 0 spiro atoms. The van der Waals surface area contributed by atoms with Gasteiger partial charge in [-0.1, -0.05) is 20.8 Å². The van der Waals surface area contributed by atoms with E-state index in [0.717, 1.165) is 48.9 Å². The van der Waals surface area contributed by atoms with Crippen molar-refractivity contribution in [3.63, 3.8) is 0 Å². The molecule has 0 heterocycles. The molecule has 2 heteroatoms. The molecule has 0 amide bonds. The monoisotopic (exact) mass is 332 g/mol. The Labute approximate surface area is 148 Å². The van der Waals surface area contributed by atoms with Crippen LogP contribution in [-0.4, -0.2) is 11.6 Å². The Hall–Kier alpha value is -0.530. The van der Waals surface area contributed by atoms with E-state index in [2.05, 4.69) is 20.8 Å². The third-order valence-electron chi connectivity index (χ3n) is 8.38. The van der Waals surface area contributed by atoms with Gasteiger partial charge in [0.1, 0.15) is 5.60 Å². The van der Waals surface area contributed by atoms with E-state index in [4.69, 9.17) is 4.74 Å². The van der Waals surface area contributed by atoms with Crippen molar-refractivity contribution in [3.05, 3.63) is 0 Å². The maximum Gasteiger partial charge on any atom is 0.312 e. The van der Waals surface area contributed by atoms with Crippen LogP contribution in [0.3, 0.4) is 0 Å². The molecule has 0 aromatic rings. The smallest absolute Gasteiger partial charge is 0.312 e. The van der Waals surface area contributed by atoms with E-state index in [-0.39, 0.29) is 17.0 Å². The summed E-state index contributed by atoms with van der Waals surface area (Å²) in [5, 5.41) is 0. The van der Waals surface area contributed by atoms with Gasteiger partial charge in [0, 0.05) is 5.92 Å². The summed E-state index contributed by atoms with van der Waals surface area (Å²) in [6.07, 6.45) is 8.83. The van der Waals surface area contributed by atoms with Crippen LogP contribution in [0.2, 0.25) is 0 Å². The molecule has 2 nitrogen and oxygen atoms in total. The molecule has 24 heavy (non-hydrogen) atoms. The molecule has 4 rings (SSSR count). The minimum Gasteiger partial charge on any atom is -0.458 e. The first-order valence-electron chi connectivity index (χ1n) is 10.5. The minimum atomic E-state index is -0.347. The summed E-state index contributed by atoms with van der Waals surface area (Å²) < 4.78 is 6.48. The summed E-state index contributed by atoms with van der Waals surface area (Å²) in [4.78, 5) is 12.9. The largest absolute Gasteiger partial charge is 0.458 e. The topological polar surface area (TPSA) is 26.3 Å². The second-order valence-corrected chi connectivity index (χ2v) is 10.6. The molecule has 4 fully saturated rings. The molecule has 136 valence electrons. The molecule has 0 aromatic carbocycles. The summed E-state index contributed by atoms with van der Waals surface area (Å²) in [5.74, 6) is 5.95. The summed E-state index contributed by atoms with van der Waals surface area (Å²) in [6, 6.07) is 0. The Balaban J connectivity index is 1.61. The van der Waals surface area contributed by atoms with Crippen molar-refractivity contribution in [3.8, 4) is 0 Å². The summed E-state index contributed by atoms with van der Waals surface area (Å²) in [7, 11) is 0. The van der Waals surface area contributed by atoms with Crippen molar-refractivity contribution in [2.75, 3.05) is 0 Å². The van der Waals surface area contributed by atoms with Crippen LogP contribution in [0.5, 0.6) is 0 Å². The number of carbonyl (C=O) groups is 1. The zero-order valence-electron chi connectivity index (χ0n) is 16.3. The predicted octanol–water partition coefficient (Wildman–Crippen LogP) is 5.45. The number of hydrogen-bond acceptors (Lipinski definition) is 2. The zero-order chi connectivity index (χ0) is 17.3. The van der Waals surface area contributed by atoms with Crippen LogP contribution in [0.4, 0.5) is 0 Å². The average Bonchev–Trinajstić information content (AvgIpc) is 3.23. The first-order valence-corrected chi connectivity index (χ1v) is 10.5. The fraction of sp³-hybridized carbons (Fsp3) is 0.955. The van der Waals surface area contributed by atoms with E-state index in [0.29, 0.717) is 11.8 Å². The van der Waals surface area contributed by atoms with Gasteiger partial charge in [0.15, 0.2) is 0 Å². The third-order valence-corrected chi connectivity index (χ3v) is 8.38. The van der Waals surface area contributed by atoms with Crippen LogP contribution in [0.15, 0.2) is 0 Å². The Bertz CT molecular complexity index is 522. The van der Waals surface area contributed by atoms with Gasteiger partial charge in [0.2, 0.25) is 0 Å². The molecule has 0 radical (unpaired) electrons. The highest BCUT2D eigenvalue weighted by Gasteiger charge is 2.68. The fourth-order valence-corrected chi connectivity index (χ4v) is 7.25. The lowest BCUT2D eigenvalue weighted by atomic mass is 9.64. The van der Waals surface area contributed by atoms with E-state index in [9.17, 15) is 4.79 Å². The van der Waals surface area contributed by atoms with Crippen LogP contribution >= 0.6 is 0 Å². The van der Waals surface area contributed by atoms with Crippen molar-refractivity contribution in [2.45, 2.75) is 85.2 Å². The highest BCUT2D eigenvalue weighted by atomic mass is 16.6. The van der Waals surface area contributed by atoms with E-state index in [1.54, 1.807) is 0 Å². The Kier molecular flexibility index (Phi) is 3.86. The van der Waals surface area contributed by atoms with Crippen molar-refractivity contribution in [1.82, 2.24) is 0 Å². The molecule has 4 aliphatic rings. The van der Waals surface area contributed by atoms with Crippen LogP contribution < -0.4 is 0 Å². The number of rotatable bonds is 5. The van der Waals surface area contributed by atoms with Crippen LogP contribution in [0.25, 0.3) is 0 Å². The highest BCUT2D eigenvalue weighted by Crippen LogP contribution is 2.71. The van der Waals surface area contributed by atoms with Gasteiger partial charge >= 0.3 is 5.97 Å². The van der Waals surface area contributed by atoms with Crippen LogP contribution in [0.1, 0.15) is 79.6 Å². The molecule has 4 bridgehead atoms. The highest BCUT2D eigenvalue weighted by molar-refractivity contribution is 5.76. The van der Waals surface area contributed by atoms with Crippen molar-refractivity contribution < 1.29 is 9.53 Å². The summed E-state index contributed by atoms with van der Waals surface area (Å²) >= 11 is 0. The molecule has 0 aromatic heterocycles. The van der Waals surface area contributed by atoms with Crippen molar-refractivity contribution in [1.29, 1.82) is 0 Å². The lowest BCUT2D eigenvalue weighted by Crippen LogP contribution is -2.50. The number of carbonyl (C=O) groups excluding carboxylic acids is 1. The predicted molar refractivity (Wildman–Crippen MR) is 96.4 cm³/mol. The molecule has 4 aliphatic carbocycles. The quantitative estimate of drug-likeness (QED) is 0.494. The van der Waals surface area contributed by atoms with Crippen LogP contribution in [0, 0.1) is 46.8 Å². The summed E-state index contributed by atoms with van der Waals surface area (Å²) in [5.41, 5.74) is -0.492. The van der Waals surface area contributed by atoms with E-state index in [1.807, 2.05) is 13.8 Å². The Morgan fingerprint density at radius 3 is 2.42 bits per heavy atom. The standard InChI is InChI=1S/C22H36O2/c1-6-21(4,5)20(23)24-22(11-13(2)3)12-16-10-17(22)19-15-8-7-14(9-15)18(16)19/h13-19H,6-12H2,1-5H3. The average molecular weight is 333 g/mol. The van der Waals surface area contributed by atoms with Gasteiger partial charge in [0.05, 0.1) is 5.41 Å². The van der Waals surface area contributed by atoms with Gasteiger partial charge in [-0.15, -0.1) is 0 Å². The SMILES string of the molecule is CCC(C)(C)C(=O)OC1(CC(C)C)CC2CC1C1C3CCC(C3)C21. The molecule has 4 saturated carbocycles. The lowest BCUT2D eigenvalue weighted by molar-refractivity contribution is -0.185. The molecule has 0 aliphatic heterocycles. The number of hydrogen-bond donors (Lipinski definition) is 0. The van der Waals surface area contributed by atoms with E-state index < -0.39 is 0 Å². The Morgan fingerprint density at radius 1 is 1.12 bits per heavy atom. The second-order valence-electron chi connectivity index (χ2n) is 10.6. The van der Waals surface area contributed by atoms with Gasteiger partial charge in [-0.25, -0.2) is 0 Å². The number of esters is 1. The fourth-order valence-electron chi connectivity index (χ4n) is 7.25. The van der Waals surface area contributed by atoms with Crippen LogP contribution in [-0.2, 0) is 9.53 Å². The van der Waals surface area contributed by atoms with Gasteiger partial charge in [-0.2, -0.15) is 0 Å². The maximum absolute atomic E-state index is 12.9. The second kappa shape index (κ2) is 5.48. The molecular weight excluding hydrogens is 296 g/mol. The molecule has 0 saturated heterocycles. The Morgan fingerprint density at radius 2 is 1.79 bits per heavy atom. The van der Waals surface area contributed by atoms with Gasteiger partial charge in [0.25, 0.3) is 0 Å². The third kappa shape index (κ3) is 2.31. The maximum atomic E-state index is 12.9. The number of ether oxygens (including phenoxy) is 1. The van der Waals surface area contributed by atoms with Gasteiger partial charge in [-0.05, 0) is 94.3 Å². The molecule has 7 unspecified atom stereocenters. The van der Waals surface area contributed by atoms with Gasteiger partial charge in [-0.3, -0.25) is 4.79 Å². The normalized spacial score (nSPS) is 45.9. The summed E-state index contributed by atoms with van der Waals surface area (Å²) in [6.45, 7) is 10.8.